The van der Waals surface area contributed by atoms with Gasteiger partial charge < -0.3 is 13.8 Å². The summed E-state index contributed by atoms with van der Waals surface area (Å²) in [5.41, 5.74) is 4.14. The number of hydrogen-bond acceptors (Lipinski definition) is 5. The molecule has 0 radical (unpaired) electrons. The smallest absolute Gasteiger partial charge is 0.223 e. The normalized spacial score (nSPS) is 14.5. The summed E-state index contributed by atoms with van der Waals surface area (Å²) in [6.07, 6.45) is 9.14. The fourth-order valence-corrected chi connectivity index (χ4v) is 3.48. The molecule has 6 heteroatoms. The lowest BCUT2D eigenvalue weighted by atomic mass is 9.96. The molecule has 3 heterocycles. The van der Waals surface area contributed by atoms with Gasteiger partial charge in [0.2, 0.25) is 11.7 Å². The second-order valence-electron chi connectivity index (χ2n) is 7.30. The molecule has 1 saturated carbocycles. The SMILES string of the molecule is Cc1nc(-c2ccc(-n3ccc4cc(CCOC5CCC5)cnc43)cc2)no1. The van der Waals surface area contributed by atoms with Gasteiger partial charge in [-0.3, -0.25) is 0 Å². The third-order valence-electron chi connectivity index (χ3n) is 5.31. The number of aromatic nitrogens is 4. The summed E-state index contributed by atoms with van der Waals surface area (Å²) >= 11 is 0. The van der Waals surface area contributed by atoms with E-state index in [2.05, 4.69) is 33.0 Å². The molecular formula is C22H22N4O2. The predicted octanol–water partition coefficient (Wildman–Crippen LogP) is 4.50. The Hall–Kier alpha value is -2.99. The van der Waals surface area contributed by atoms with Crippen LogP contribution in [0.25, 0.3) is 28.1 Å². The molecule has 1 fully saturated rings. The summed E-state index contributed by atoms with van der Waals surface area (Å²) in [6, 6.07) is 12.4. The number of benzene rings is 1. The maximum absolute atomic E-state index is 5.87. The Balaban J connectivity index is 1.34. The van der Waals surface area contributed by atoms with E-state index in [1.165, 1.54) is 24.8 Å². The van der Waals surface area contributed by atoms with Gasteiger partial charge in [0.05, 0.1) is 12.7 Å². The van der Waals surface area contributed by atoms with Crippen molar-refractivity contribution in [3.8, 4) is 17.1 Å². The first-order chi connectivity index (χ1) is 13.8. The summed E-state index contributed by atoms with van der Waals surface area (Å²) in [4.78, 5) is 8.97. The van der Waals surface area contributed by atoms with Crippen molar-refractivity contribution in [3.05, 3.63) is 60.2 Å². The van der Waals surface area contributed by atoms with Gasteiger partial charge in [-0.1, -0.05) is 5.16 Å². The molecule has 1 aliphatic rings. The van der Waals surface area contributed by atoms with E-state index in [0.717, 1.165) is 35.3 Å². The van der Waals surface area contributed by atoms with Crippen molar-refractivity contribution in [1.82, 2.24) is 19.7 Å². The zero-order chi connectivity index (χ0) is 18.9. The molecule has 142 valence electrons. The van der Waals surface area contributed by atoms with Gasteiger partial charge in [0.25, 0.3) is 0 Å². The molecule has 0 amide bonds. The Morgan fingerprint density at radius 3 is 2.75 bits per heavy atom. The number of fused-ring (bicyclic) bond motifs is 1. The molecule has 0 N–H and O–H groups in total. The van der Waals surface area contributed by atoms with Crippen molar-refractivity contribution in [3.63, 3.8) is 0 Å². The molecular weight excluding hydrogens is 352 g/mol. The molecule has 5 rings (SSSR count). The van der Waals surface area contributed by atoms with E-state index in [9.17, 15) is 0 Å². The van der Waals surface area contributed by atoms with Crippen molar-refractivity contribution in [1.29, 1.82) is 0 Å². The highest BCUT2D eigenvalue weighted by atomic mass is 16.5. The first kappa shape index (κ1) is 17.1. The Morgan fingerprint density at radius 2 is 2.04 bits per heavy atom. The fraction of sp³-hybridized carbons (Fsp3) is 0.318. The summed E-state index contributed by atoms with van der Waals surface area (Å²) in [5.74, 6) is 1.17. The lowest BCUT2D eigenvalue weighted by molar-refractivity contribution is 0.00412. The minimum absolute atomic E-state index is 0.483. The molecule has 0 unspecified atom stereocenters. The van der Waals surface area contributed by atoms with Crippen LogP contribution in [0.15, 0.2) is 53.3 Å². The zero-order valence-corrected chi connectivity index (χ0v) is 15.8. The Labute approximate surface area is 163 Å². The van der Waals surface area contributed by atoms with Gasteiger partial charge in [-0.2, -0.15) is 4.98 Å². The van der Waals surface area contributed by atoms with Gasteiger partial charge in [0.1, 0.15) is 5.65 Å². The first-order valence-corrected chi connectivity index (χ1v) is 9.75. The standard InChI is InChI=1S/C22H22N4O2/c1-15-24-21(25-28-15)17-5-7-19(8-6-17)26-11-9-18-13-16(14-23-22(18)26)10-12-27-20-3-2-4-20/h5-9,11,13-14,20H,2-4,10,12H2,1H3. The van der Waals surface area contributed by atoms with E-state index in [4.69, 9.17) is 14.2 Å². The van der Waals surface area contributed by atoms with Crippen LogP contribution >= 0.6 is 0 Å². The highest BCUT2D eigenvalue weighted by molar-refractivity contribution is 5.78. The van der Waals surface area contributed by atoms with Crippen LogP contribution in [-0.2, 0) is 11.2 Å². The van der Waals surface area contributed by atoms with Crippen molar-refractivity contribution in [2.75, 3.05) is 6.61 Å². The van der Waals surface area contributed by atoms with Crippen molar-refractivity contribution in [2.45, 2.75) is 38.7 Å². The lowest BCUT2D eigenvalue weighted by Gasteiger charge is -2.25. The van der Waals surface area contributed by atoms with Crippen LogP contribution in [-0.4, -0.2) is 32.4 Å². The fourth-order valence-electron chi connectivity index (χ4n) is 3.48. The van der Waals surface area contributed by atoms with Crippen LogP contribution in [0.1, 0.15) is 30.7 Å². The summed E-state index contributed by atoms with van der Waals surface area (Å²) in [7, 11) is 0. The molecule has 4 aromatic rings. The minimum Gasteiger partial charge on any atom is -0.378 e. The summed E-state index contributed by atoms with van der Waals surface area (Å²) in [6.45, 7) is 2.56. The van der Waals surface area contributed by atoms with Gasteiger partial charge in [0.15, 0.2) is 0 Å². The van der Waals surface area contributed by atoms with Crippen LogP contribution in [0.3, 0.4) is 0 Å². The minimum atomic E-state index is 0.483. The second-order valence-corrected chi connectivity index (χ2v) is 7.30. The average Bonchev–Trinajstić information content (AvgIpc) is 3.30. The van der Waals surface area contributed by atoms with Crippen molar-refractivity contribution >= 4 is 11.0 Å². The molecule has 0 bridgehead atoms. The van der Waals surface area contributed by atoms with Crippen LogP contribution < -0.4 is 0 Å². The monoisotopic (exact) mass is 374 g/mol. The van der Waals surface area contributed by atoms with E-state index in [-0.39, 0.29) is 0 Å². The van der Waals surface area contributed by atoms with Crippen molar-refractivity contribution in [2.24, 2.45) is 0 Å². The lowest BCUT2D eigenvalue weighted by Crippen LogP contribution is -2.22. The number of ether oxygens (including phenoxy) is 1. The predicted molar refractivity (Wildman–Crippen MR) is 106 cm³/mol. The largest absolute Gasteiger partial charge is 0.378 e. The molecule has 3 aromatic heterocycles. The third kappa shape index (κ3) is 3.31. The molecule has 6 nitrogen and oxygen atoms in total. The Morgan fingerprint density at radius 1 is 1.18 bits per heavy atom. The molecule has 28 heavy (non-hydrogen) atoms. The second kappa shape index (κ2) is 7.20. The number of pyridine rings is 1. The molecule has 0 saturated heterocycles. The van der Waals surface area contributed by atoms with Crippen LogP contribution in [0.5, 0.6) is 0 Å². The molecule has 0 atom stereocenters. The van der Waals surface area contributed by atoms with Gasteiger partial charge in [-0.15, -0.1) is 0 Å². The van der Waals surface area contributed by atoms with Crippen LogP contribution in [0.2, 0.25) is 0 Å². The Bertz CT molecular complexity index is 1090. The molecule has 1 aliphatic carbocycles. The zero-order valence-electron chi connectivity index (χ0n) is 15.8. The average molecular weight is 374 g/mol. The first-order valence-electron chi connectivity index (χ1n) is 9.75. The van der Waals surface area contributed by atoms with E-state index >= 15 is 0 Å². The molecule has 0 aliphatic heterocycles. The van der Waals surface area contributed by atoms with E-state index in [0.29, 0.717) is 17.8 Å². The summed E-state index contributed by atoms with van der Waals surface area (Å²) < 4.78 is 13.0. The van der Waals surface area contributed by atoms with Crippen molar-refractivity contribution < 1.29 is 9.26 Å². The number of rotatable bonds is 6. The third-order valence-corrected chi connectivity index (χ3v) is 5.31. The van der Waals surface area contributed by atoms with E-state index in [1.54, 1.807) is 6.92 Å². The summed E-state index contributed by atoms with van der Waals surface area (Å²) in [5, 5.41) is 5.10. The van der Waals surface area contributed by atoms with E-state index < -0.39 is 0 Å². The molecule has 0 spiro atoms. The van der Waals surface area contributed by atoms with Gasteiger partial charge in [-0.05, 0) is 67.6 Å². The number of nitrogens with zero attached hydrogens (tertiary/aromatic N) is 4. The highest BCUT2D eigenvalue weighted by Gasteiger charge is 2.17. The highest BCUT2D eigenvalue weighted by Crippen LogP contribution is 2.24. The van der Waals surface area contributed by atoms with Gasteiger partial charge in [0, 0.05) is 36.0 Å². The quantitative estimate of drug-likeness (QED) is 0.497. The number of aryl methyl sites for hydroxylation is 1. The number of hydrogen-bond donors (Lipinski definition) is 0. The molecule has 1 aromatic carbocycles. The van der Waals surface area contributed by atoms with Gasteiger partial charge >= 0.3 is 0 Å². The van der Waals surface area contributed by atoms with E-state index in [1.807, 2.05) is 30.5 Å². The van der Waals surface area contributed by atoms with Crippen LogP contribution in [0.4, 0.5) is 0 Å². The topological polar surface area (TPSA) is 66.0 Å². The Kier molecular flexibility index (Phi) is 4.41. The maximum atomic E-state index is 5.87. The van der Waals surface area contributed by atoms with Gasteiger partial charge in [-0.25, -0.2) is 4.98 Å². The van der Waals surface area contributed by atoms with Crippen LogP contribution in [0, 0.1) is 6.92 Å². The maximum Gasteiger partial charge on any atom is 0.223 e.